The molecule has 0 atom stereocenters. The second kappa shape index (κ2) is 8.07. The molecule has 0 fully saturated rings. The normalized spacial score (nSPS) is 10.3. The summed E-state index contributed by atoms with van der Waals surface area (Å²) in [7, 11) is 3.18. The molecule has 0 radical (unpaired) electrons. The average molecular weight is 392 g/mol. The van der Waals surface area contributed by atoms with Crippen molar-refractivity contribution in [2.24, 2.45) is 0 Å². The van der Waals surface area contributed by atoms with Crippen molar-refractivity contribution in [2.75, 3.05) is 24.9 Å². The third-order valence-electron chi connectivity index (χ3n) is 3.41. The first-order valence-corrected chi connectivity index (χ1v) is 8.25. The Labute approximate surface area is 160 Å². The summed E-state index contributed by atoms with van der Waals surface area (Å²) in [4.78, 5) is 4.37. The Bertz CT molecular complexity index is 923. The van der Waals surface area contributed by atoms with E-state index >= 15 is 0 Å². The molecule has 2 N–H and O–H groups in total. The topological polar surface area (TPSA) is 81.2 Å². The predicted molar refractivity (Wildman–Crippen MR) is 102 cm³/mol. The van der Waals surface area contributed by atoms with Gasteiger partial charge in [-0.25, -0.2) is 0 Å². The van der Waals surface area contributed by atoms with E-state index in [0.29, 0.717) is 38.7 Å². The highest BCUT2D eigenvalue weighted by molar-refractivity contribution is 6.36. The van der Waals surface area contributed by atoms with Crippen LogP contribution in [0.15, 0.2) is 42.6 Å². The summed E-state index contributed by atoms with van der Waals surface area (Å²) in [5, 5.41) is 15.0. The van der Waals surface area contributed by atoms with E-state index in [1.807, 2.05) is 0 Å². The van der Waals surface area contributed by atoms with Crippen LogP contribution in [0.3, 0.4) is 0 Å². The third kappa shape index (κ3) is 4.25. The summed E-state index contributed by atoms with van der Waals surface area (Å²) in [5.74, 6) is 2.07. The maximum Gasteiger partial charge on any atom is 0.249 e. The molecule has 3 aromatic rings. The number of anilines is 4. The molecule has 1 heterocycles. The summed E-state index contributed by atoms with van der Waals surface area (Å²) >= 11 is 12.1. The van der Waals surface area contributed by atoms with E-state index in [1.165, 1.54) is 6.20 Å². The zero-order valence-electron chi connectivity index (χ0n) is 14.0. The van der Waals surface area contributed by atoms with Gasteiger partial charge in [0.2, 0.25) is 5.95 Å². The van der Waals surface area contributed by atoms with Gasteiger partial charge in [-0.05, 0) is 30.3 Å². The van der Waals surface area contributed by atoms with Gasteiger partial charge in [0.15, 0.2) is 5.82 Å². The minimum Gasteiger partial charge on any atom is -0.497 e. The standard InChI is InChI=1S/C17H15Cl2N5O2/c1-25-11-4-6-15(26-2)14(8-11)21-16-9-20-24-17(23-16)22-13-5-3-10(18)7-12(13)19/h3-9H,1-2H3,(H2,21,22,23,24). The van der Waals surface area contributed by atoms with E-state index in [0.717, 1.165) is 0 Å². The Hall–Kier alpha value is -2.77. The Kier molecular flexibility index (Phi) is 5.60. The lowest BCUT2D eigenvalue weighted by molar-refractivity contribution is 0.405. The molecule has 0 aliphatic carbocycles. The van der Waals surface area contributed by atoms with Crippen molar-refractivity contribution >= 4 is 46.3 Å². The fraction of sp³-hybridized carbons (Fsp3) is 0.118. The van der Waals surface area contributed by atoms with Crippen LogP contribution in [-0.2, 0) is 0 Å². The lowest BCUT2D eigenvalue weighted by atomic mass is 10.2. The summed E-state index contributed by atoms with van der Waals surface area (Å²) in [6, 6.07) is 10.5. The molecule has 3 rings (SSSR count). The minimum atomic E-state index is 0.279. The van der Waals surface area contributed by atoms with Crippen LogP contribution in [0.25, 0.3) is 0 Å². The SMILES string of the molecule is COc1ccc(OC)c(Nc2cnnc(Nc3ccc(Cl)cc3Cl)n2)c1. The lowest BCUT2D eigenvalue weighted by Gasteiger charge is -2.12. The zero-order chi connectivity index (χ0) is 18.5. The first kappa shape index (κ1) is 18.0. The van der Waals surface area contributed by atoms with Crippen LogP contribution in [0, 0.1) is 0 Å². The molecule has 7 nitrogen and oxygen atoms in total. The van der Waals surface area contributed by atoms with E-state index in [9.17, 15) is 0 Å². The maximum atomic E-state index is 6.15. The van der Waals surface area contributed by atoms with E-state index < -0.39 is 0 Å². The molecule has 134 valence electrons. The highest BCUT2D eigenvalue weighted by atomic mass is 35.5. The fourth-order valence-electron chi connectivity index (χ4n) is 2.18. The van der Waals surface area contributed by atoms with E-state index in [-0.39, 0.29) is 5.95 Å². The van der Waals surface area contributed by atoms with E-state index in [2.05, 4.69) is 25.8 Å². The molecule has 9 heteroatoms. The first-order chi connectivity index (χ1) is 12.6. The van der Waals surface area contributed by atoms with Crippen molar-refractivity contribution in [3.63, 3.8) is 0 Å². The molecule has 0 aliphatic heterocycles. The molecule has 0 amide bonds. The maximum absolute atomic E-state index is 6.15. The third-order valence-corrected chi connectivity index (χ3v) is 3.95. The highest BCUT2D eigenvalue weighted by Crippen LogP contribution is 2.31. The number of methoxy groups -OCH3 is 2. The second-order valence-electron chi connectivity index (χ2n) is 5.11. The molecule has 2 aromatic carbocycles. The number of hydrogen-bond donors (Lipinski definition) is 2. The molecule has 1 aromatic heterocycles. The number of aromatic nitrogens is 3. The van der Waals surface area contributed by atoms with Gasteiger partial charge in [0.05, 0.1) is 36.8 Å². The Morgan fingerprint density at radius 1 is 0.923 bits per heavy atom. The van der Waals surface area contributed by atoms with Crippen LogP contribution in [0.1, 0.15) is 0 Å². The largest absolute Gasteiger partial charge is 0.497 e. The molecule has 0 unspecified atom stereocenters. The first-order valence-electron chi connectivity index (χ1n) is 7.50. The molecule has 0 spiro atoms. The quantitative estimate of drug-likeness (QED) is 0.630. The van der Waals surface area contributed by atoms with Gasteiger partial charge in [0.1, 0.15) is 11.5 Å². The van der Waals surface area contributed by atoms with Crippen LogP contribution in [-0.4, -0.2) is 29.4 Å². The fourth-order valence-corrected chi connectivity index (χ4v) is 2.63. The van der Waals surface area contributed by atoms with Crippen LogP contribution in [0.5, 0.6) is 11.5 Å². The molecule has 0 bridgehead atoms. The number of nitrogens with one attached hydrogen (secondary N) is 2. The summed E-state index contributed by atoms with van der Waals surface area (Å²) < 4.78 is 10.6. The van der Waals surface area contributed by atoms with Gasteiger partial charge in [-0.15, -0.1) is 5.10 Å². The monoisotopic (exact) mass is 391 g/mol. The average Bonchev–Trinajstić information content (AvgIpc) is 2.64. The summed E-state index contributed by atoms with van der Waals surface area (Å²) in [5.41, 5.74) is 1.30. The second-order valence-corrected chi connectivity index (χ2v) is 5.95. The molecule has 0 aliphatic rings. The number of nitrogens with zero attached hydrogens (tertiary/aromatic N) is 3. The Morgan fingerprint density at radius 2 is 1.77 bits per heavy atom. The van der Waals surface area contributed by atoms with Gasteiger partial charge in [0.25, 0.3) is 0 Å². The molecule has 0 saturated heterocycles. The predicted octanol–water partition coefficient (Wildman–Crippen LogP) is 4.68. The molecule has 0 saturated carbocycles. The lowest BCUT2D eigenvalue weighted by Crippen LogP contribution is -2.03. The molecular formula is C17H15Cl2N5O2. The van der Waals surface area contributed by atoms with Crippen LogP contribution in [0.2, 0.25) is 10.0 Å². The van der Waals surface area contributed by atoms with Gasteiger partial charge >= 0.3 is 0 Å². The van der Waals surface area contributed by atoms with E-state index in [1.54, 1.807) is 50.6 Å². The van der Waals surface area contributed by atoms with Crippen molar-refractivity contribution < 1.29 is 9.47 Å². The van der Waals surface area contributed by atoms with Gasteiger partial charge in [-0.3, -0.25) is 0 Å². The molecule has 26 heavy (non-hydrogen) atoms. The van der Waals surface area contributed by atoms with Crippen molar-refractivity contribution in [3.05, 3.63) is 52.6 Å². The van der Waals surface area contributed by atoms with Gasteiger partial charge in [0, 0.05) is 11.1 Å². The number of hydrogen-bond acceptors (Lipinski definition) is 7. The van der Waals surface area contributed by atoms with Gasteiger partial charge in [-0.2, -0.15) is 10.1 Å². The number of rotatable bonds is 6. The van der Waals surface area contributed by atoms with Crippen LogP contribution in [0.4, 0.5) is 23.1 Å². The van der Waals surface area contributed by atoms with Crippen molar-refractivity contribution in [1.82, 2.24) is 15.2 Å². The van der Waals surface area contributed by atoms with Crippen LogP contribution < -0.4 is 20.1 Å². The minimum absolute atomic E-state index is 0.279. The van der Waals surface area contributed by atoms with E-state index in [4.69, 9.17) is 32.7 Å². The van der Waals surface area contributed by atoms with Gasteiger partial charge in [-0.1, -0.05) is 23.2 Å². The Morgan fingerprint density at radius 3 is 2.50 bits per heavy atom. The van der Waals surface area contributed by atoms with Crippen molar-refractivity contribution in [1.29, 1.82) is 0 Å². The smallest absolute Gasteiger partial charge is 0.249 e. The zero-order valence-corrected chi connectivity index (χ0v) is 15.5. The number of ether oxygens (including phenoxy) is 2. The van der Waals surface area contributed by atoms with Crippen LogP contribution >= 0.6 is 23.2 Å². The van der Waals surface area contributed by atoms with Gasteiger partial charge < -0.3 is 20.1 Å². The number of halogens is 2. The molecular weight excluding hydrogens is 377 g/mol. The number of benzene rings is 2. The summed E-state index contributed by atoms with van der Waals surface area (Å²) in [6.45, 7) is 0. The van der Waals surface area contributed by atoms with Crippen molar-refractivity contribution in [2.45, 2.75) is 0 Å². The summed E-state index contributed by atoms with van der Waals surface area (Å²) in [6.07, 6.45) is 1.49. The highest BCUT2D eigenvalue weighted by Gasteiger charge is 2.09. The Balaban J connectivity index is 1.84. The van der Waals surface area contributed by atoms with Crippen molar-refractivity contribution in [3.8, 4) is 11.5 Å².